The SMILES string of the molecule is CC1CN(c2noc3c(F)c(N4CC(C)OC(C)C4)c(C4OCCO4)cc23)C(=O)O1. The van der Waals surface area contributed by atoms with Crippen molar-refractivity contribution in [2.45, 2.75) is 45.4 Å². The number of cyclic esters (lactones) is 1. The third-order valence-electron chi connectivity index (χ3n) is 5.52. The van der Waals surface area contributed by atoms with E-state index in [4.69, 9.17) is 23.5 Å². The molecular formula is C20H24FN3O6. The van der Waals surface area contributed by atoms with Crippen LogP contribution in [0.3, 0.4) is 0 Å². The first-order valence-electron chi connectivity index (χ1n) is 10.2. The van der Waals surface area contributed by atoms with Gasteiger partial charge in [-0.2, -0.15) is 0 Å². The zero-order chi connectivity index (χ0) is 21.0. The Morgan fingerprint density at radius 3 is 2.40 bits per heavy atom. The molecule has 3 fully saturated rings. The highest BCUT2D eigenvalue weighted by Gasteiger charge is 2.37. The van der Waals surface area contributed by atoms with Gasteiger partial charge in [0, 0.05) is 18.7 Å². The number of halogens is 1. The standard InChI is InChI=1S/C20H24FN3O6/c1-10-7-23(8-11(2)28-10)16-13(19-26-4-5-27-19)6-14-17(15(16)21)30-22-18(14)24-9-12(3)29-20(24)25/h6,10-12,19H,4-5,7-9H2,1-3H3. The largest absolute Gasteiger partial charge is 0.444 e. The number of morpholine rings is 1. The predicted molar refractivity (Wildman–Crippen MR) is 104 cm³/mol. The van der Waals surface area contributed by atoms with Gasteiger partial charge in [-0.15, -0.1) is 0 Å². The topological polar surface area (TPSA) is 86.5 Å². The normalized spacial score (nSPS) is 28.0. The van der Waals surface area contributed by atoms with E-state index in [0.717, 1.165) is 0 Å². The van der Waals surface area contributed by atoms with E-state index in [1.54, 1.807) is 13.0 Å². The molecule has 9 nitrogen and oxygen atoms in total. The third kappa shape index (κ3) is 3.19. The van der Waals surface area contributed by atoms with Gasteiger partial charge in [-0.05, 0) is 26.8 Å². The first-order valence-corrected chi connectivity index (χ1v) is 10.2. The number of benzene rings is 1. The number of carbonyl (C=O) groups is 1. The number of hydrogen-bond acceptors (Lipinski definition) is 8. The average Bonchev–Trinajstić information content (AvgIpc) is 3.40. The number of aromatic nitrogens is 1. The van der Waals surface area contributed by atoms with Gasteiger partial charge in [0.15, 0.2) is 17.9 Å². The van der Waals surface area contributed by atoms with E-state index in [1.807, 2.05) is 18.7 Å². The maximum absolute atomic E-state index is 15.8. The molecule has 10 heteroatoms. The van der Waals surface area contributed by atoms with Crippen molar-refractivity contribution in [3.63, 3.8) is 0 Å². The van der Waals surface area contributed by atoms with Crippen molar-refractivity contribution >= 4 is 28.6 Å². The van der Waals surface area contributed by atoms with E-state index in [0.29, 0.717) is 49.5 Å². The van der Waals surface area contributed by atoms with Crippen LogP contribution in [0.2, 0.25) is 0 Å². The average molecular weight is 421 g/mol. The molecule has 0 bridgehead atoms. The third-order valence-corrected chi connectivity index (χ3v) is 5.52. The molecule has 162 valence electrons. The molecule has 1 amide bonds. The first-order chi connectivity index (χ1) is 14.4. The van der Waals surface area contributed by atoms with Crippen LogP contribution in [-0.2, 0) is 18.9 Å². The van der Waals surface area contributed by atoms with Crippen molar-refractivity contribution in [2.24, 2.45) is 0 Å². The number of rotatable bonds is 3. The molecule has 1 aromatic heterocycles. The Morgan fingerprint density at radius 1 is 1.07 bits per heavy atom. The summed E-state index contributed by atoms with van der Waals surface area (Å²) in [7, 11) is 0. The zero-order valence-corrected chi connectivity index (χ0v) is 17.1. The van der Waals surface area contributed by atoms with Crippen molar-refractivity contribution in [3.8, 4) is 0 Å². The minimum absolute atomic E-state index is 0.0131. The van der Waals surface area contributed by atoms with Crippen LogP contribution in [0.15, 0.2) is 10.6 Å². The summed E-state index contributed by atoms with van der Waals surface area (Å²) in [5, 5.41) is 4.37. The maximum Gasteiger partial charge on any atom is 0.416 e. The zero-order valence-electron chi connectivity index (χ0n) is 17.1. The number of anilines is 2. The molecule has 3 aliphatic heterocycles. The molecule has 5 rings (SSSR count). The van der Waals surface area contributed by atoms with Crippen molar-refractivity contribution in [3.05, 3.63) is 17.4 Å². The lowest BCUT2D eigenvalue weighted by Gasteiger charge is -2.38. The summed E-state index contributed by atoms with van der Waals surface area (Å²) < 4.78 is 43.6. The van der Waals surface area contributed by atoms with Crippen molar-refractivity contribution in [1.82, 2.24) is 5.16 Å². The summed E-state index contributed by atoms with van der Waals surface area (Å²) in [5.74, 6) is -0.324. The molecule has 2 aromatic rings. The van der Waals surface area contributed by atoms with Crippen molar-refractivity contribution in [1.29, 1.82) is 0 Å². The quantitative estimate of drug-likeness (QED) is 0.748. The van der Waals surface area contributed by atoms with E-state index in [9.17, 15) is 4.79 Å². The molecule has 4 heterocycles. The summed E-state index contributed by atoms with van der Waals surface area (Å²) in [4.78, 5) is 15.5. The molecule has 30 heavy (non-hydrogen) atoms. The Labute approximate surface area is 172 Å². The predicted octanol–water partition coefficient (Wildman–Crippen LogP) is 2.97. The smallest absolute Gasteiger partial charge is 0.416 e. The molecule has 3 unspecified atom stereocenters. The minimum Gasteiger partial charge on any atom is -0.444 e. The molecule has 3 saturated heterocycles. The second kappa shape index (κ2) is 7.36. The first kappa shape index (κ1) is 19.5. The summed E-state index contributed by atoms with van der Waals surface area (Å²) in [6.07, 6.45) is -1.65. The summed E-state index contributed by atoms with van der Waals surface area (Å²) in [5.41, 5.74) is 0.890. The Kier molecular flexibility index (Phi) is 4.79. The van der Waals surface area contributed by atoms with Gasteiger partial charge in [-0.3, -0.25) is 4.90 Å². The fourth-order valence-electron chi connectivity index (χ4n) is 4.41. The van der Waals surface area contributed by atoms with Crippen LogP contribution >= 0.6 is 0 Å². The van der Waals surface area contributed by atoms with Gasteiger partial charge < -0.3 is 28.4 Å². The number of nitrogens with zero attached hydrogens (tertiary/aromatic N) is 3. The number of amides is 1. The van der Waals surface area contributed by atoms with E-state index in [2.05, 4.69) is 5.16 Å². The van der Waals surface area contributed by atoms with Gasteiger partial charge in [-0.25, -0.2) is 9.18 Å². The van der Waals surface area contributed by atoms with Crippen molar-refractivity contribution < 1.29 is 32.7 Å². The molecule has 3 aliphatic rings. The second-order valence-corrected chi connectivity index (χ2v) is 8.05. The molecule has 0 spiro atoms. The van der Waals surface area contributed by atoms with Crippen LogP contribution in [-0.4, -0.2) is 62.4 Å². The van der Waals surface area contributed by atoms with E-state index in [-0.39, 0.29) is 29.7 Å². The Hall–Kier alpha value is -2.43. The van der Waals surface area contributed by atoms with E-state index >= 15 is 4.39 Å². The minimum atomic E-state index is -0.709. The van der Waals surface area contributed by atoms with Gasteiger partial charge in [0.1, 0.15) is 6.10 Å². The molecule has 0 saturated carbocycles. The number of fused-ring (bicyclic) bond motifs is 1. The highest BCUT2D eigenvalue weighted by molar-refractivity contribution is 6.00. The maximum atomic E-state index is 15.8. The van der Waals surface area contributed by atoms with Crippen molar-refractivity contribution in [2.75, 3.05) is 42.6 Å². The number of carbonyl (C=O) groups excluding carboxylic acids is 1. The van der Waals surface area contributed by atoms with Gasteiger partial charge in [0.25, 0.3) is 0 Å². The fourth-order valence-corrected chi connectivity index (χ4v) is 4.41. The Balaban J connectivity index is 1.65. The summed E-state index contributed by atoms with van der Waals surface area (Å²) in [6, 6.07) is 1.75. The summed E-state index contributed by atoms with van der Waals surface area (Å²) in [6.45, 7) is 7.88. The lowest BCUT2D eigenvalue weighted by molar-refractivity contribution is -0.0445. The lowest BCUT2D eigenvalue weighted by atomic mass is 10.0. The van der Waals surface area contributed by atoms with Crippen LogP contribution in [0.4, 0.5) is 20.7 Å². The summed E-state index contributed by atoms with van der Waals surface area (Å²) >= 11 is 0. The van der Waals surface area contributed by atoms with Crippen LogP contribution < -0.4 is 9.80 Å². The second-order valence-electron chi connectivity index (χ2n) is 8.05. The van der Waals surface area contributed by atoms with Crippen LogP contribution in [0.25, 0.3) is 11.0 Å². The highest BCUT2D eigenvalue weighted by atomic mass is 19.1. The number of hydrogen-bond donors (Lipinski definition) is 0. The van der Waals surface area contributed by atoms with Crippen LogP contribution in [0.5, 0.6) is 0 Å². The highest BCUT2D eigenvalue weighted by Crippen LogP contribution is 2.42. The molecule has 0 aliphatic carbocycles. The monoisotopic (exact) mass is 421 g/mol. The Bertz CT molecular complexity index is 965. The van der Waals surface area contributed by atoms with Crippen LogP contribution in [0.1, 0.15) is 32.6 Å². The number of ether oxygens (including phenoxy) is 4. The van der Waals surface area contributed by atoms with Gasteiger partial charge in [0.05, 0.1) is 43.0 Å². The molecule has 0 N–H and O–H groups in total. The van der Waals surface area contributed by atoms with Gasteiger partial charge in [-0.1, -0.05) is 5.16 Å². The lowest BCUT2D eigenvalue weighted by Crippen LogP contribution is -2.46. The fraction of sp³-hybridized carbons (Fsp3) is 0.600. The van der Waals surface area contributed by atoms with E-state index in [1.165, 1.54) is 4.90 Å². The molecular weight excluding hydrogens is 397 g/mol. The molecule has 0 radical (unpaired) electrons. The van der Waals surface area contributed by atoms with Gasteiger partial charge >= 0.3 is 6.09 Å². The molecule has 3 atom stereocenters. The van der Waals surface area contributed by atoms with Gasteiger partial charge in [0.2, 0.25) is 5.58 Å². The molecule has 1 aromatic carbocycles. The van der Waals surface area contributed by atoms with E-state index < -0.39 is 18.2 Å². The van der Waals surface area contributed by atoms with Crippen LogP contribution in [0, 0.1) is 5.82 Å². The Morgan fingerprint density at radius 2 is 1.77 bits per heavy atom.